The number of amides is 1. The summed E-state index contributed by atoms with van der Waals surface area (Å²) in [6.07, 6.45) is 0. The average molecular weight is 287 g/mol. The second kappa shape index (κ2) is 5.83. The van der Waals surface area contributed by atoms with E-state index in [9.17, 15) is 9.18 Å². The van der Waals surface area contributed by atoms with Crippen molar-refractivity contribution in [2.45, 2.75) is 19.9 Å². The number of hydrogen-bond acceptors (Lipinski definition) is 3. The van der Waals surface area contributed by atoms with Gasteiger partial charge in [0, 0.05) is 11.6 Å². The van der Waals surface area contributed by atoms with Crippen molar-refractivity contribution in [1.29, 1.82) is 0 Å². The third-order valence-corrected chi connectivity index (χ3v) is 3.40. The zero-order valence-electron chi connectivity index (χ0n) is 12.0. The summed E-state index contributed by atoms with van der Waals surface area (Å²) in [7, 11) is 0. The Morgan fingerprint density at radius 1 is 1.24 bits per heavy atom. The van der Waals surface area contributed by atoms with Gasteiger partial charge in [-0.25, -0.2) is 4.39 Å². The summed E-state index contributed by atoms with van der Waals surface area (Å²) in [5.74, 6) is -0.764. The predicted molar refractivity (Wildman–Crippen MR) is 82.5 cm³/mol. The van der Waals surface area contributed by atoms with E-state index in [0.717, 1.165) is 5.56 Å². The first-order chi connectivity index (χ1) is 9.88. The van der Waals surface area contributed by atoms with E-state index in [1.165, 1.54) is 12.1 Å². The van der Waals surface area contributed by atoms with Gasteiger partial charge in [-0.3, -0.25) is 4.79 Å². The largest absolute Gasteiger partial charge is 0.397 e. The second-order valence-corrected chi connectivity index (χ2v) is 5.04. The van der Waals surface area contributed by atoms with Gasteiger partial charge in [-0.1, -0.05) is 12.1 Å². The first kappa shape index (κ1) is 14.8. The Balaban J connectivity index is 2.21. The standard InChI is InChI=1S/C16H18FN3O/c1-9-3-4-11(7-13(9)17)10(2)20-15-6-5-12(16(19)21)8-14(15)18/h3-8,10,20H,18H2,1-2H3,(H2,19,21). The van der Waals surface area contributed by atoms with Crippen LogP contribution in [-0.2, 0) is 0 Å². The number of nitrogens with one attached hydrogen (secondary N) is 1. The van der Waals surface area contributed by atoms with Crippen LogP contribution in [0.2, 0.25) is 0 Å². The molecule has 1 unspecified atom stereocenters. The molecule has 0 radical (unpaired) electrons. The van der Waals surface area contributed by atoms with Crippen molar-refractivity contribution in [3.8, 4) is 0 Å². The first-order valence-corrected chi connectivity index (χ1v) is 6.60. The number of nitrogen functional groups attached to an aromatic ring is 1. The lowest BCUT2D eigenvalue weighted by Crippen LogP contribution is -2.13. The first-order valence-electron chi connectivity index (χ1n) is 6.60. The number of benzene rings is 2. The lowest BCUT2D eigenvalue weighted by molar-refractivity contribution is 0.100. The van der Waals surface area contributed by atoms with E-state index in [-0.39, 0.29) is 11.9 Å². The summed E-state index contributed by atoms with van der Waals surface area (Å²) in [4.78, 5) is 11.1. The number of aryl methyl sites for hydroxylation is 1. The summed E-state index contributed by atoms with van der Waals surface area (Å²) >= 11 is 0. The van der Waals surface area contributed by atoms with Crippen molar-refractivity contribution in [2.75, 3.05) is 11.1 Å². The molecule has 0 spiro atoms. The van der Waals surface area contributed by atoms with Crippen molar-refractivity contribution in [3.63, 3.8) is 0 Å². The molecule has 1 amide bonds. The molecular formula is C16H18FN3O. The lowest BCUT2D eigenvalue weighted by Gasteiger charge is -2.18. The highest BCUT2D eigenvalue weighted by Gasteiger charge is 2.10. The highest BCUT2D eigenvalue weighted by atomic mass is 19.1. The number of carbonyl (C=O) groups excluding carboxylic acids is 1. The molecule has 2 aromatic rings. The Morgan fingerprint density at radius 2 is 1.95 bits per heavy atom. The predicted octanol–water partition coefficient (Wildman–Crippen LogP) is 2.99. The molecule has 0 aliphatic rings. The second-order valence-electron chi connectivity index (χ2n) is 5.04. The normalized spacial score (nSPS) is 12.0. The molecule has 1 atom stereocenters. The molecule has 5 N–H and O–H groups in total. The summed E-state index contributed by atoms with van der Waals surface area (Å²) in [6.45, 7) is 3.63. The van der Waals surface area contributed by atoms with Crippen LogP contribution in [0.3, 0.4) is 0 Å². The maximum Gasteiger partial charge on any atom is 0.248 e. The molecule has 0 aliphatic carbocycles. The van der Waals surface area contributed by atoms with Gasteiger partial charge in [0.1, 0.15) is 5.82 Å². The van der Waals surface area contributed by atoms with E-state index in [1.807, 2.05) is 13.0 Å². The van der Waals surface area contributed by atoms with Crippen molar-refractivity contribution < 1.29 is 9.18 Å². The van der Waals surface area contributed by atoms with Crippen LogP contribution in [0, 0.1) is 12.7 Å². The molecule has 0 saturated carbocycles. The number of hydrogen-bond donors (Lipinski definition) is 3. The Morgan fingerprint density at radius 3 is 2.52 bits per heavy atom. The molecule has 0 fully saturated rings. The van der Waals surface area contributed by atoms with Gasteiger partial charge in [-0.05, 0) is 49.2 Å². The van der Waals surface area contributed by atoms with Gasteiger partial charge >= 0.3 is 0 Å². The fourth-order valence-electron chi connectivity index (χ4n) is 2.04. The maximum absolute atomic E-state index is 13.6. The number of halogens is 1. The van der Waals surface area contributed by atoms with Crippen LogP contribution >= 0.6 is 0 Å². The van der Waals surface area contributed by atoms with Crippen molar-refractivity contribution in [3.05, 3.63) is 58.9 Å². The van der Waals surface area contributed by atoms with E-state index < -0.39 is 5.91 Å². The van der Waals surface area contributed by atoms with E-state index in [0.29, 0.717) is 22.5 Å². The van der Waals surface area contributed by atoms with Crippen LogP contribution in [0.1, 0.15) is 34.5 Å². The molecule has 4 nitrogen and oxygen atoms in total. The molecule has 0 aromatic heterocycles. The average Bonchev–Trinajstić information content (AvgIpc) is 2.43. The molecule has 0 heterocycles. The molecule has 0 bridgehead atoms. The minimum absolute atomic E-state index is 0.123. The number of nitrogens with two attached hydrogens (primary N) is 2. The molecule has 2 aromatic carbocycles. The third-order valence-electron chi connectivity index (χ3n) is 3.40. The number of carbonyl (C=O) groups is 1. The third kappa shape index (κ3) is 3.31. The lowest BCUT2D eigenvalue weighted by atomic mass is 10.1. The summed E-state index contributed by atoms with van der Waals surface area (Å²) in [5.41, 5.74) is 14.0. The fourth-order valence-corrected chi connectivity index (χ4v) is 2.04. The van der Waals surface area contributed by atoms with Gasteiger partial charge in [0.25, 0.3) is 0 Å². The summed E-state index contributed by atoms with van der Waals surface area (Å²) in [6, 6.07) is 9.79. The Hall–Kier alpha value is -2.56. The van der Waals surface area contributed by atoms with E-state index in [4.69, 9.17) is 11.5 Å². The number of rotatable bonds is 4. The Labute approximate surface area is 123 Å². The molecular weight excluding hydrogens is 269 g/mol. The molecule has 2 rings (SSSR count). The Kier molecular flexibility index (Phi) is 4.12. The van der Waals surface area contributed by atoms with E-state index in [1.54, 1.807) is 25.1 Å². The monoisotopic (exact) mass is 287 g/mol. The topological polar surface area (TPSA) is 81.1 Å². The Bertz CT molecular complexity index is 685. The van der Waals surface area contributed by atoms with Crippen LogP contribution in [0.4, 0.5) is 15.8 Å². The molecule has 110 valence electrons. The molecule has 0 saturated heterocycles. The SMILES string of the molecule is Cc1ccc(C(C)Nc2ccc(C(N)=O)cc2N)cc1F. The molecule has 21 heavy (non-hydrogen) atoms. The number of primary amides is 1. The van der Waals surface area contributed by atoms with Crippen molar-refractivity contribution in [2.24, 2.45) is 5.73 Å². The minimum atomic E-state index is -0.526. The smallest absolute Gasteiger partial charge is 0.248 e. The van der Waals surface area contributed by atoms with E-state index >= 15 is 0 Å². The van der Waals surface area contributed by atoms with Crippen LogP contribution < -0.4 is 16.8 Å². The van der Waals surface area contributed by atoms with Crippen LogP contribution in [-0.4, -0.2) is 5.91 Å². The summed E-state index contributed by atoms with van der Waals surface area (Å²) in [5, 5.41) is 3.20. The molecule has 0 aliphatic heterocycles. The zero-order chi connectivity index (χ0) is 15.6. The van der Waals surface area contributed by atoms with Gasteiger partial charge in [0.05, 0.1) is 11.4 Å². The summed E-state index contributed by atoms with van der Waals surface area (Å²) < 4.78 is 13.6. The van der Waals surface area contributed by atoms with Gasteiger partial charge in [0.15, 0.2) is 0 Å². The van der Waals surface area contributed by atoms with Gasteiger partial charge in [-0.2, -0.15) is 0 Å². The van der Waals surface area contributed by atoms with Crippen LogP contribution in [0.15, 0.2) is 36.4 Å². The van der Waals surface area contributed by atoms with Gasteiger partial charge in [-0.15, -0.1) is 0 Å². The zero-order valence-corrected chi connectivity index (χ0v) is 12.0. The minimum Gasteiger partial charge on any atom is -0.397 e. The maximum atomic E-state index is 13.6. The van der Waals surface area contributed by atoms with Crippen LogP contribution in [0.5, 0.6) is 0 Å². The van der Waals surface area contributed by atoms with Gasteiger partial charge < -0.3 is 16.8 Å². The highest BCUT2D eigenvalue weighted by Crippen LogP contribution is 2.26. The van der Waals surface area contributed by atoms with Crippen LogP contribution in [0.25, 0.3) is 0 Å². The van der Waals surface area contributed by atoms with Gasteiger partial charge in [0.2, 0.25) is 5.91 Å². The number of anilines is 2. The fraction of sp³-hybridized carbons (Fsp3) is 0.188. The van der Waals surface area contributed by atoms with Crippen molar-refractivity contribution >= 4 is 17.3 Å². The highest BCUT2D eigenvalue weighted by molar-refractivity contribution is 5.94. The van der Waals surface area contributed by atoms with E-state index in [2.05, 4.69) is 5.32 Å². The molecule has 5 heteroatoms. The van der Waals surface area contributed by atoms with Crippen molar-refractivity contribution in [1.82, 2.24) is 0 Å². The quantitative estimate of drug-likeness (QED) is 0.756.